The molecule has 6 heterocycles. The molecule has 7 rings (SSSR count). The quantitative estimate of drug-likeness (QED) is 0.335. The van der Waals surface area contributed by atoms with Gasteiger partial charge in [0.25, 0.3) is 5.91 Å². The van der Waals surface area contributed by atoms with Gasteiger partial charge in [-0.25, -0.2) is 19.3 Å². The maximum absolute atomic E-state index is 13.5. The highest BCUT2D eigenvalue weighted by Crippen LogP contribution is 2.39. The summed E-state index contributed by atoms with van der Waals surface area (Å²) in [7, 11) is 1.35. The lowest BCUT2D eigenvalue weighted by Gasteiger charge is -2.53. The zero-order valence-electron chi connectivity index (χ0n) is 25.3. The number of nitrogens with one attached hydrogen (secondary N) is 1. The predicted octanol–water partition coefficient (Wildman–Crippen LogP) is 3.41. The molecule has 2 atom stereocenters. The van der Waals surface area contributed by atoms with Crippen LogP contribution in [-0.4, -0.2) is 84.0 Å². The molecule has 3 saturated heterocycles. The summed E-state index contributed by atoms with van der Waals surface area (Å²) in [5.41, 5.74) is 4.17. The maximum atomic E-state index is 13.5. The second-order valence-electron chi connectivity index (χ2n) is 12.6. The highest BCUT2D eigenvalue weighted by molar-refractivity contribution is 5.91. The second kappa shape index (κ2) is 10.9. The Kier molecular flexibility index (Phi) is 7.00. The molecular formula is C33H37N7O4. The van der Waals surface area contributed by atoms with E-state index < -0.39 is 5.97 Å². The normalized spacial score (nSPS) is 22.7. The molecule has 0 aliphatic carbocycles. The van der Waals surface area contributed by atoms with E-state index in [-0.39, 0.29) is 34.3 Å². The molecule has 4 aromatic rings. The molecule has 11 heteroatoms. The van der Waals surface area contributed by atoms with E-state index in [4.69, 9.17) is 9.47 Å². The van der Waals surface area contributed by atoms with Crippen LogP contribution in [0.25, 0.3) is 5.65 Å². The molecular weight excluding hydrogens is 558 g/mol. The van der Waals surface area contributed by atoms with Gasteiger partial charge >= 0.3 is 5.97 Å². The Morgan fingerprint density at radius 3 is 2.59 bits per heavy atom. The molecule has 1 aromatic carbocycles. The smallest absolute Gasteiger partial charge is 0.356 e. The summed E-state index contributed by atoms with van der Waals surface area (Å²) in [4.78, 5) is 39.2. The lowest BCUT2D eigenvalue weighted by atomic mass is 9.73. The lowest BCUT2D eigenvalue weighted by molar-refractivity contribution is -0.132. The molecule has 1 amide bonds. The highest BCUT2D eigenvalue weighted by Gasteiger charge is 2.50. The van der Waals surface area contributed by atoms with Crippen LogP contribution in [0.4, 0.5) is 11.5 Å². The summed E-state index contributed by atoms with van der Waals surface area (Å²) in [6.45, 7) is 8.58. The molecule has 1 unspecified atom stereocenters. The number of methoxy groups -OCH3 is 1. The molecule has 3 aromatic heterocycles. The van der Waals surface area contributed by atoms with Crippen molar-refractivity contribution in [2.24, 2.45) is 5.41 Å². The Morgan fingerprint density at radius 2 is 1.84 bits per heavy atom. The third-order valence-corrected chi connectivity index (χ3v) is 9.59. The number of hydrogen-bond donors (Lipinski definition) is 1. The average Bonchev–Trinajstić information content (AvgIpc) is 3.66. The molecule has 1 spiro atoms. The number of anilines is 2. The topological polar surface area (TPSA) is 114 Å². The first kappa shape index (κ1) is 28.3. The maximum Gasteiger partial charge on any atom is 0.356 e. The van der Waals surface area contributed by atoms with Gasteiger partial charge in [-0.05, 0) is 49.1 Å². The van der Waals surface area contributed by atoms with Crippen LogP contribution in [0.3, 0.4) is 0 Å². The Balaban J connectivity index is 1.06. The van der Waals surface area contributed by atoms with Gasteiger partial charge in [0, 0.05) is 37.6 Å². The summed E-state index contributed by atoms with van der Waals surface area (Å²) in [5.74, 6) is 0.109. The van der Waals surface area contributed by atoms with Gasteiger partial charge in [-0.3, -0.25) is 4.79 Å². The van der Waals surface area contributed by atoms with Gasteiger partial charge in [0.15, 0.2) is 11.3 Å². The molecule has 11 nitrogen and oxygen atoms in total. The van der Waals surface area contributed by atoms with Crippen molar-refractivity contribution in [1.82, 2.24) is 24.9 Å². The van der Waals surface area contributed by atoms with Crippen LogP contribution in [0.1, 0.15) is 52.0 Å². The first-order chi connectivity index (χ1) is 21.3. The SMILES string of the molecule is COC(=O)c1cccc(N2CCC(NC(=O)c3nc4c(C)cc(N5CC[C@](C)(c6ccccc6)C5)cn4n3)C3(COC3)C2)n1. The molecule has 3 aliphatic rings. The number of esters is 1. The zero-order valence-corrected chi connectivity index (χ0v) is 25.3. The molecule has 228 valence electrons. The van der Waals surface area contributed by atoms with Crippen LogP contribution in [0.15, 0.2) is 60.8 Å². The number of nitrogens with zero attached hydrogens (tertiary/aromatic N) is 6. The summed E-state index contributed by atoms with van der Waals surface area (Å²) >= 11 is 0. The Morgan fingerprint density at radius 1 is 1.02 bits per heavy atom. The molecule has 44 heavy (non-hydrogen) atoms. The van der Waals surface area contributed by atoms with E-state index in [1.807, 2.05) is 19.2 Å². The van der Waals surface area contributed by atoms with Crippen molar-refractivity contribution in [3.05, 3.63) is 83.4 Å². The number of aromatic nitrogens is 4. The van der Waals surface area contributed by atoms with E-state index in [9.17, 15) is 9.59 Å². The van der Waals surface area contributed by atoms with E-state index in [2.05, 4.69) is 73.5 Å². The van der Waals surface area contributed by atoms with Crippen LogP contribution in [-0.2, 0) is 14.9 Å². The predicted molar refractivity (Wildman–Crippen MR) is 165 cm³/mol. The van der Waals surface area contributed by atoms with Crippen molar-refractivity contribution in [2.75, 3.05) is 56.3 Å². The number of piperidine rings is 1. The number of carbonyl (C=O) groups is 2. The number of carbonyl (C=O) groups excluding carboxylic acids is 2. The van der Waals surface area contributed by atoms with E-state index in [0.717, 1.165) is 30.8 Å². The largest absolute Gasteiger partial charge is 0.464 e. The van der Waals surface area contributed by atoms with Gasteiger partial charge < -0.3 is 24.6 Å². The average molecular weight is 596 g/mol. The number of benzene rings is 1. The van der Waals surface area contributed by atoms with Crippen LogP contribution < -0.4 is 15.1 Å². The number of rotatable bonds is 6. The second-order valence-corrected chi connectivity index (χ2v) is 12.6. The standard InChI is InChI=1S/C33H37N7O4/c1-22-16-24(38-15-13-32(2,18-38)23-8-5-4-6-9-23)17-40-29(22)36-28(37-40)30(41)35-26-12-14-39(19-33(26)20-44-21-33)27-11-7-10-25(34-27)31(42)43-3/h4-11,16-17,26H,12-15,18-21H2,1-3H3,(H,35,41)/t26?,32-/m0/s1. The summed E-state index contributed by atoms with van der Waals surface area (Å²) < 4.78 is 12.2. The van der Waals surface area contributed by atoms with Crippen molar-refractivity contribution < 1.29 is 19.1 Å². The van der Waals surface area contributed by atoms with E-state index >= 15 is 0 Å². The fourth-order valence-electron chi connectivity index (χ4n) is 6.94. The highest BCUT2D eigenvalue weighted by atomic mass is 16.5. The minimum absolute atomic E-state index is 0.0779. The number of ether oxygens (including phenoxy) is 2. The van der Waals surface area contributed by atoms with Gasteiger partial charge in [0.2, 0.25) is 5.82 Å². The molecule has 0 saturated carbocycles. The molecule has 3 fully saturated rings. The fourth-order valence-corrected chi connectivity index (χ4v) is 6.94. The van der Waals surface area contributed by atoms with Gasteiger partial charge in [-0.2, -0.15) is 0 Å². The summed E-state index contributed by atoms with van der Waals surface area (Å²) in [5, 5.41) is 7.85. The Bertz CT molecular complexity index is 1720. The van der Waals surface area contributed by atoms with Crippen molar-refractivity contribution in [3.8, 4) is 0 Å². The summed E-state index contributed by atoms with van der Waals surface area (Å²) in [6.07, 6.45) is 3.75. The molecule has 1 N–H and O–H groups in total. The molecule has 3 aliphatic heterocycles. The number of hydrogen-bond acceptors (Lipinski definition) is 9. The minimum Gasteiger partial charge on any atom is -0.464 e. The minimum atomic E-state index is -0.468. The van der Waals surface area contributed by atoms with Crippen LogP contribution in [0.2, 0.25) is 0 Å². The number of fused-ring (bicyclic) bond motifs is 1. The van der Waals surface area contributed by atoms with E-state index in [1.54, 1.807) is 16.6 Å². The van der Waals surface area contributed by atoms with Crippen LogP contribution in [0, 0.1) is 12.3 Å². The number of pyridine rings is 2. The van der Waals surface area contributed by atoms with E-state index in [1.165, 1.54) is 12.7 Å². The van der Waals surface area contributed by atoms with E-state index in [0.29, 0.717) is 44.2 Å². The zero-order chi connectivity index (χ0) is 30.5. The van der Waals surface area contributed by atoms with Crippen molar-refractivity contribution in [3.63, 3.8) is 0 Å². The third-order valence-electron chi connectivity index (χ3n) is 9.59. The first-order valence-corrected chi connectivity index (χ1v) is 15.1. The number of amides is 1. The van der Waals surface area contributed by atoms with Gasteiger partial charge in [0.1, 0.15) is 5.82 Å². The molecule has 0 radical (unpaired) electrons. The monoisotopic (exact) mass is 595 g/mol. The Hall–Kier alpha value is -4.51. The Labute approximate surface area is 256 Å². The van der Waals surface area contributed by atoms with Crippen LogP contribution in [0.5, 0.6) is 0 Å². The number of aryl methyl sites for hydroxylation is 1. The van der Waals surface area contributed by atoms with Gasteiger partial charge in [-0.1, -0.05) is 43.3 Å². The summed E-state index contributed by atoms with van der Waals surface area (Å²) in [6, 6.07) is 18.1. The lowest BCUT2D eigenvalue weighted by Crippen LogP contribution is -2.66. The molecule has 0 bridgehead atoms. The first-order valence-electron chi connectivity index (χ1n) is 15.1. The van der Waals surface area contributed by atoms with Gasteiger partial charge in [0.05, 0.1) is 37.6 Å². The van der Waals surface area contributed by atoms with Crippen molar-refractivity contribution >= 4 is 29.0 Å². The third kappa shape index (κ3) is 4.94. The van der Waals surface area contributed by atoms with Crippen molar-refractivity contribution in [2.45, 2.75) is 38.1 Å². The van der Waals surface area contributed by atoms with Crippen LogP contribution >= 0.6 is 0 Å². The van der Waals surface area contributed by atoms with Gasteiger partial charge in [-0.15, -0.1) is 5.10 Å². The fraction of sp³-hybridized carbons (Fsp3) is 0.424. The van der Waals surface area contributed by atoms with Crippen molar-refractivity contribution in [1.29, 1.82) is 0 Å².